The van der Waals surface area contributed by atoms with Crippen molar-refractivity contribution in [2.45, 2.75) is 32.0 Å². The summed E-state index contributed by atoms with van der Waals surface area (Å²) in [7, 11) is 0. The third kappa shape index (κ3) is 3.16. The van der Waals surface area contributed by atoms with Gasteiger partial charge in [0.25, 0.3) is 0 Å². The molecule has 0 bridgehead atoms. The largest absolute Gasteiger partial charge is 0.507 e. The number of ether oxygens (including phenoxy) is 2. The monoisotopic (exact) mass is 385 g/mol. The Morgan fingerprint density at radius 2 is 1.92 bits per heavy atom. The van der Waals surface area contributed by atoms with E-state index in [1.165, 1.54) is 17.0 Å². The molecule has 1 saturated heterocycles. The minimum absolute atomic E-state index is 0.0300. The first-order valence-electron chi connectivity index (χ1n) is 7.63. The average molecular weight is 386 g/mol. The fourth-order valence-electron chi connectivity index (χ4n) is 2.75. The van der Waals surface area contributed by atoms with E-state index in [1.54, 1.807) is 26.8 Å². The highest BCUT2D eigenvalue weighted by atomic mass is 35.5. The van der Waals surface area contributed by atoms with Crippen molar-refractivity contribution in [1.82, 2.24) is 4.90 Å². The second kappa shape index (κ2) is 5.81. The van der Waals surface area contributed by atoms with Gasteiger partial charge in [-0.2, -0.15) is 0 Å². The fourth-order valence-corrected chi connectivity index (χ4v) is 3.05. The van der Waals surface area contributed by atoms with Gasteiger partial charge in [0, 0.05) is 0 Å². The molecule has 1 aromatic carbocycles. The fraction of sp³-hybridized carbons (Fsp3) is 0.412. The molecule has 0 aromatic heterocycles. The zero-order valence-electron chi connectivity index (χ0n) is 13.9. The molecule has 0 saturated carbocycles. The molecule has 8 heteroatoms. The van der Waals surface area contributed by atoms with Crippen LogP contribution in [0.25, 0.3) is 5.57 Å². The minimum atomic E-state index is -1.23. The smallest absolute Gasteiger partial charge is 0.410 e. The molecule has 25 heavy (non-hydrogen) atoms. The van der Waals surface area contributed by atoms with Gasteiger partial charge >= 0.3 is 12.1 Å². The summed E-state index contributed by atoms with van der Waals surface area (Å²) in [5.41, 5.74) is -1.42. The number of aliphatic hydroxyl groups excluding tert-OH is 1. The molecular weight excluding hydrogens is 369 g/mol. The SMILES string of the molecule is CC(C)(C)OC(=O)N1CC2(C1)OC(=O)C(c1ccc(Cl)c(Cl)c1)=C2O. The molecule has 2 heterocycles. The second-order valence-electron chi connectivity index (χ2n) is 7.07. The lowest BCUT2D eigenvalue weighted by molar-refractivity contribution is -0.162. The first-order chi connectivity index (χ1) is 11.5. The maximum absolute atomic E-state index is 12.2. The zero-order chi connectivity index (χ0) is 18.6. The van der Waals surface area contributed by atoms with Crippen molar-refractivity contribution in [2.75, 3.05) is 13.1 Å². The summed E-state index contributed by atoms with van der Waals surface area (Å²) in [5, 5.41) is 11.2. The molecule has 1 N–H and O–H groups in total. The number of hydrogen-bond donors (Lipinski definition) is 1. The third-order valence-electron chi connectivity index (χ3n) is 3.91. The highest BCUT2D eigenvalue weighted by molar-refractivity contribution is 6.42. The number of carbonyl (C=O) groups excluding carboxylic acids is 2. The topological polar surface area (TPSA) is 76.1 Å². The van der Waals surface area contributed by atoms with Crippen LogP contribution in [0.2, 0.25) is 10.0 Å². The van der Waals surface area contributed by atoms with Crippen molar-refractivity contribution in [1.29, 1.82) is 0 Å². The molecule has 3 rings (SSSR count). The van der Waals surface area contributed by atoms with Crippen LogP contribution < -0.4 is 0 Å². The zero-order valence-corrected chi connectivity index (χ0v) is 15.4. The summed E-state index contributed by atoms with van der Waals surface area (Å²) < 4.78 is 10.6. The predicted octanol–water partition coefficient (Wildman–Crippen LogP) is 3.81. The Morgan fingerprint density at radius 3 is 2.48 bits per heavy atom. The van der Waals surface area contributed by atoms with Crippen LogP contribution in [0.1, 0.15) is 26.3 Å². The van der Waals surface area contributed by atoms with Crippen molar-refractivity contribution < 1.29 is 24.2 Å². The molecule has 134 valence electrons. The van der Waals surface area contributed by atoms with E-state index in [4.69, 9.17) is 32.7 Å². The van der Waals surface area contributed by atoms with Gasteiger partial charge in [0.15, 0.2) is 5.76 Å². The molecule has 1 fully saturated rings. The molecule has 0 aliphatic carbocycles. The average Bonchev–Trinajstić information content (AvgIpc) is 2.70. The number of likely N-dealkylation sites (tertiary alicyclic amines) is 1. The molecule has 0 unspecified atom stereocenters. The van der Waals surface area contributed by atoms with Gasteiger partial charge in [-0.25, -0.2) is 9.59 Å². The Balaban J connectivity index is 1.82. The van der Waals surface area contributed by atoms with Gasteiger partial charge in [-0.3, -0.25) is 4.90 Å². The standard InChI is InChI=1S/C17H17Cl2NO5/c1-16(2,3)25-15(23)20-7-17(8-20)13(21)12(14(22)24-17)9-4-5-10(18)11(19)6-9/h4-6,21H,7-8H2,1-3H3. The lowest BCUT2D eigenvalue weighted by atomic mass is 9.90. The molecule has 2 aliphatic rings. The highest BCUT2D eigenvalue weighted by Crippen LogP contribution is 2.43. The number of rotatable bonds is 1. The summed E-state index contributed by atoms with van der Waals surface area (Å²) in [6, 6.07) is 4.59. The molecule has 6 nitrogen and oxygen atoms in total. The number of carbonyl (C=O) groups is 2. The van der Waals surface area contributed by atoms with E-state index in [-0.39, 0.29) is 29.4 Å². The molecule has 0 radical (unpaired) electrons. The Kier molecular flexibility index (Phi) is 4.16. The molecular formula is C17H17Cl2NO5. The maximum atomic E-state index is 12.2. The minimum Gasteiger partial charge on any atom is -0.507 e. The molecule has 2 aliphatic heterocycles. The van der Waals surface area contributed by atoms with Crippen LogP contribution in [0.4, 0.5) is 4.79 Å². The second-order valence-corrected chi connectivity index (χ2v) is 7.89. The van der Waals surface area contributed by atoms with Gasteiger partial charge in [0.05, 0.1) is 23.1 Å². The lowest BCUT2D eigenvalue weighted by Crippen LogP contribution is -2.65. The molecule has 1 amide bonds. The van der Waals surface area contributed by atoms with E-state index in [0.29, 0.717) is 10.6 Å². The number of hydrogen-bond acceptors (Lipinski definition) is 5. The number of aliphatic hydroxyl groups is 1. The Morgan fingerprint density at radius 1 is 1.28 bits per heavy atom. The van der Waals surface area contributed by atoms with Crippen LogP contribution in [0.3, 0.4) is 0 Å². The highest BCUT2D eigenvalue weighted by Gasteiger charge is 2.58. The number of esters is 1. The predicted molar refractivity (Wildman–Crippen MR) is 92.6 cm³/mol. The quantitative estimate of drug-likeness (QED) is 0.743. The van der Waals surface area contributed by atoms with Crippen LogP contribution in [0.15, 0.2) is 24.0 Å². The Labute approximate surface area is 154 Å². The van der Waals surface area contributed by atoms with Crippen LogP contribution in [0.5, 0.6) is 0 Å². The van der Waals surface area contributed by atoms with E-state index in [1.807, 2.05) is 0 Å². The molecule has 1 aromatic rings. The van der Waals surface area contributed by atoms with Crippen molar-refractivity contribution in [3.8, 4) is 0 Å². The number of halogens is 2. The first-order valence-corrected chi connectivity index (χ1v) is 8.38. The van der Waals surface area contributed by atoms with Crippen molar-refractivity contribution in [3.63, 3.8) is 0 Å². The van der Waals surface area contributed by atoms with Crippen molar-refractivity contribution in [2.24, 2.45) is 0 Å². The summed E-state index contributed by atoms with van der Waals surface area (Å²) in [4.78, 5) is 25.6. The molecule has 1 spiro atoms. The summed E-state index contributed by atoms with van der Waals surface area (Å²) in [6.45, 7) is 5.34. The van der Waals surface area contributed by atoms with Crippen LogP contribution in [0, 0.1) is 0 Å². The van der Waals surface area contributed by atoms with Gasteiger partial charge in [-0.15, -0.1) is 0 Å². The van der Waals surface area contributed by atoms with Gasteiger partial charge in [-0.1, -0.05) is 29.3 Å². The van der Waals surface area contributed by atoms with Crippen molar-refractivity contribution in [3.05, 3.63) is 39.6 Å². The Bertz CT molecular complexity index is 791. The van der Waals surface area contributed by atoms with Crippen LogP contribution in [-0.2, 0) is 14.3 Å². The number of amides is 1. The van der Waals surface area contributed by atoms with Crippen molar-refractivity contribution >= 4 is 40.8 Å². The van der Waals surface area contributed by atoms with Crippen LogP contribution >= 0.6 is 23.2 Å². The normalized spacial score (nSPS) is 19.1. The Hall–Kier alpha value is -1.92. The van der Waals surface area contributed by atoms with Gasteiger partial charge in [0.2, 0.25) is 5.60 Å². The maximum Gasteiger partial charge on any atom is 0.410 e. The van der Waals surface area contributed by atoms with Gasteiger partial charge in [0.1, 0.15) is 11.2 Å². The summed E-state index contributed by atoms with van der Waals surface area (Å²) in [5.74, 6) is -0.879. The van der Waals surface area contributed by atoms with E-state index >= 15 is 0 Å². The number of benzene rings is 1. The number of nitrogens with zero attached hydrogens (tertiary/aromatic N) is 1. The van der Waals surface area contributed by atoms with Gasteiger partial charge in [-0.05, 0) is 38.5 Å². The lowest BCUT2D eigenvalue weighted by Gasteiger charge is -2.45. The van der Waals surface area contributed by atoms with Gasteiger partial charge < -0.3 is 14.6 Å². The van der Waals surface area contributed by atoms with E-state index < -0.39 is 23.3 Å². The summed E-state index contributed by atoms with van der Waals surface area (Å²) >= 11 is 11.9. The van der Waals surface area contributed by atoms with E-state index in [2.05, 4.69) is 0 Å². The third-order valence-corrected chi connectivity index (χ3v) is 4.65. The summed E-state index contributed by atoms with van der Waals surface area (Å²) in [6.07, 6.45) is -0.523. The molecule has 0 atom stereocenters. The van der Waals surface area contributed by atoms with Crippen LogP contribution in [-0.4, -0.2) is 46.4 Å². The van der Waals surface area contributed by atoms with E-state index in [0.717, 1.165) is 0 Å². The first kappa shape index (κ1) is 17.9. The van der Waals surface area contributed by atoms with E-state index in [9.17, 15) is 14.7 Å².